The number of urea groups is 1. The molecule has 0 atom stereocenters. The zero-order valence-corrected chi connectivity index (χ0v) is 11.1. The lowest BCUT2D eigenvalue weighted by Gasteiger charge is -2.01. The van der Waals surface area contributed by atoms with Gasteiger partial charge in [-0.15, -0.1) is 0 Å². The van der Waals surface area contributed by atoms with Gasteiger partial charge >= 0.3 is 6.03 Å². The van der Waals surface area contributed by atoms with Crippen LogP contribution in [0.25, 0.3) is 17.0 Å². The van der Waals surface area contributed by atoms with Gasteiger partial charge in [-0.2, -0.15) is 0 Å². The van der Waals surface area contributed by atoms with Crippen LogP contribution in [0.5, 0.6) is 0 Å². The zero-order chi connectivity index (χ0) is 14.1. The molecular formula is C15H15N3O2. The molecule has 1 fully saturated rings. The number of carbonyl (C=O) groups is 2. The average molecular weight is 269 g/mol. The van der Waals surface area contributed by atoms with E-state index < -0.39 is 6.03 Å². The van der Waals surface area contributed by atoms with Gasteiger partial charge < -0.3 is 9.88 Å². The molecule has 0 bridgehead atoms. The highest BCUT2D eigenvalue weighted by atomic mass is 16.2. The molecule has 3 rings (SSSR count). The number of amides is 3. The number of carbonyl (C=O) groups excluding carboxylic acids is 2. The minimum atomic E-state index is -0.474. The van der Waals surface area contributed by atoms with E-state index in [9.17, 15) is 9.59 Å². The maximum absolute atomic E-state index is 11.6. The predicted octanol–water partition coefficient (Wildman–Crippen LogP) is 2.23. The van der Waals surface area contributed by atoms with Crippen LogP contribution in [0.1, 0.15) is 18.9 Å². The third-order valence-corrected chi connectivity index (χ3v) is 3.30. The van der Waals surface area contributed by atoms with Crippen molar-refractivity contribution in [3.8, 4) is 0 Å². The van der Waals surface area contributed by atoms with E-state index in [0.717, 1.165) is 29.4 Å². The number of benzene rings is 1. The Morgan fingerprint density at radius 2 is 2.00 bits per heavy atom. The Kier molecular flexibility index (Phi) is 3.02. The summed E-state index contributed by atoms with van der Waals surface area (Å²) in [4.78, 5) is 22.7. The second-order valence-corrected chi connectivity index (χ2v) is 4.76. The Morgan fingerprint density at radius 1 is 1.20 bits per heavy atom. The van der Waals surface area contributed by atoms with Crippen molar-refractivity contribution in [1.29, 1.82) is 0 Å². The van der Waals surface area contributed by atoms with Crippen LogP contribution in [-0.2, 0) is 11.3 Å². The fourth-order valence-electron chi connectivity index (χ4n) is 2.45. The normalized spacial score (nSPS) is 16.8. The smallest absolute Gasteiger partial charge is 0.326 e. The first-order chi connectivity index (χ1) is 9.69. The maximum Gasteiger partial charge on any atom is 0.326 e. The third-order valence-electron chi connectivity index (χ3n) is 3.30. The first kappa shape index (κ1) is 12.5. The highest BCUT2D eigenvalue weighted by Gasteiger charge is 2.23. The van der Waals surface area contributed by atoms with Crippen molar-refractivity contribution < 1.29 is 9.59 Å². The Labute approximate surface area is 116 Å². The molecule has 3 amide bonds. The molecule has 2 aromatic rings. The van der Waals surface area contributed by atoms with Crippen LogP contribution in [0.2, 0.25) is 0 Å². The minimum Gasteiger partial charge on any atom is -0.347 e. The molecular weight excluding hydrogens is 254 g/mol. The monoisotopic (exact) mass is 269 g/mol. The van der Waals surface area contributed by atoms with Gasteiger partial charge in [-0.05, 0) is 18.6 Å². The van der Waals surface area contributed by atoms with E-state index in [1.807, 2.05) is 24.4 Å². The van der Waals surface area contributed by atoms with Crippen molar-refractivity contribution >= 4 is 28.9 Å². The molecule has 1 saturated heterocycles. The summed E-state index contributed by atoms with van der Waals surface area (Å²) in [5.41, 5.74) is 2.35. The molecule has 2 N–H and O–H groups in total. The van der Waals surface area contributed by atoms with Gasteiger partial charge in [-0.1, -0.05) is 25.1 Å². The van der Waals surface area contributed by atoms with Gasteiger partial charge in [0.05, 0.1) is 0 Å². The molecule has 0 aliphatic carbocycles. The van der Waals surface area contributed by atoms with Gasteiger partial charge in [0.2, 0.25) is 0 Å². The van der Waals surface area contributed by atoms with Crippen LogP contribution < -0.4 is 10.6 Å². The van der Waals surface area contributed by atoms with Crippen LogP contribution in [0.15, 0.2) is 36.2 Å². The van der Waals surface area contributed by atoms with E-state index in [1.54, 1.807) is 6.08 Å². The number of para-hydroxylation sites is 1. The minimum absolute atomic E-state index is 0.286. The summed E-state index contributed by atoms with van der Waals surface area (Å²) in [5, 5.41) is 5.79. The zero-order valence-electron chi connectivity index (χ0n) is 11.1. The molecule has 0 saturated carbocycles. The molecule has 20 heavy (non-hydrogen) atoms. The Morgan fingerprint density at radius 3 is 2.70 bits per heavy atom. The van der Waals surface area contributed by atoms with Gasteiger partial charge in [-0.25, -0.2) is 4.79 Å². The van der Waals surface area contributed by atoms with E-state index in [1.165, 1.54) is 0 Å². The second kappa shape index (κ2) is 4.85. The molecule has 5 nitrogen and oxygen atoms in total. The lowest BCUT2D eigenvalue weighted by molar-refractivity contribution is -0.115. The van der Waals surface area contributed by atoms with Crippen molar-refractivity contribution in [3.63, 3.8) is 0 Å². The van der Waals surface area contributed by atoms with Gasteiger partial charge in [-0.3, -0.25) is 10.1 Å². The van der Waals surface area contributed by atoms with Crippen molar-refractivity contribution in [2.75, 3.05) is 0 Å². The molecule has 1 aliphatic rings. The Bertz CT molecular complexity index is 728. The van der Waals surface area contributed by atoms with E-state index in [2.05, 4.69) is 28.2 Å². The molecule has 0 spiro atoms. The second-order valence-electron chi connectivity index (χ2n) is 4.76. The van der Waals surface area contributed by atoms with Crippen LogP contribution in [-0.4, -0.2) is 16.5 Å². The molecule has 1 aliphatic heterocycles. The van der Waals surface area contributed by atoms with Crippen molar-refractivity contribution in [3.05, 3.63) is 41.7 Å². The van der Waals surface area contributed by atoms with E-state index in [-0.39, 0.29) is 11.6 Å². The number of hydrogen-bond donors (Lipinski definition) is 2. The Hall–Kier alpha value is -2.56. The number of aromatic nitrogens is 1. The van der Waals surface area contributed by atoms with E-state index >= 15 is 0 Å². The number of nitrogens with zero attached hydrogens (tertiary/aromatic N) is 1. The van der Waals surface area contributed by atoms with Gasteiger partial charge in [0, 0.05) is 29.2 Å². The van der Waals surface area contributed by atoms with Gasteiger partial charge in [0.15, 0.2) is 0 Å². The third kappa shape index (κ3) is 2.07. The number of fused-ring (bicyclic) bond motifs is 1. The number of aryl methyl sites for hydroxylation is 1. The van der Waals surface area contributed by atoms with Gasteiger partial charge in [0.1, 0.15) is 5.70 Å². The summed E-state index contributed by atoms with van der Waals surface area (Å²) < 4.78 is 2.16. The maximum atomic E-state index is 11.6. The van der Waals surface area contributed by atoms with Crippen molar-refractivity contribution in [1.82, 2.24) is 15.2 Å². The number of imide groups is 1. The predicted molar refractivity (Wildman–Crippen MR) is 76.9 cm³/mol. The van der Waals surface area contributed by atoms with Gasteiger partial charge in [0.25, 0.3) is 5.91 Å². The number of hydrogen-bond acceptors (Lipinski definition) is 2. The molecule has 0 radical (unpaired) electrons. The van der Waals surface area contributed by atoms with Crippen LogP contribution in [0.4, 0.5) is 4.79 Å². The standard InChI is InChI=1S/C15H15N3O2/c1-2-7-18-9-10(11-5-3-4-6-13(11)18)8-12-14(19)17-15(20)16-12/h3-6,8-9H,2,7H2,1H3,(H2,16,17,19,20)/b12-8+. The van der Waals surface area contributed by atoms with Crippen molar-refractivity contribution in [2.24, 2.45) is 0 Å². The quantitative estimate of drug-likeness (QED) is 0.663. The molecule has 1 aromatic heterocycles. The average Bonchev–Trinajstić information content (AvgIpc) is 2.93. The molecule has 5 heteroatoms. The largest absolute Gasteiger partial charge is 0.347 e. The molecule has 2 heterocycles. The Balaban J connectivity index is 2.10. The molecule has 1 aromatic carbocycles. The topological polar surface area (TPSA) is 63.1 Å². The van der Waals surface area contributed by atoms with Crippen LogP contribution in [0.3, 0.4) is 0 Å². The number of nitrogens with one attached hydrogen (secondary N) is 2. The van der Waals surface area contributed by atoms with Crippen LogP contribution >= 0.6 is 0 Å². The van der Waals surface area contributed by atoms with E-state index in [0.29, 0.717) is 0 Å². The fourth-order valence-corrected chi connectivity index (χ4v) is 2.45. The summed E-state index contributed by atoms with van der Waals surface area (Å²) in [6.07, 6.45) is 4.76. The van der Waals surface area contributed by atoms with E-state index in [4.69, 9.17) is 0 Å². The highest BCUT2D eigenvalue weighted by molar-refractivity contribution is 6.14. The molecule has 102 valence electrons. The lowest BCUT2D eigenvalue weighted by Crippen LogP contribution is -2.22. The SMILES string of the molecule is CCCn1cc(/C=C2/NC(=O)NC2=O)c2ccccc21. The summed E-state index contributed by atoms with van der Waals surface area (Å²) in [7, 11) is 0. The summed E-state index contributed by atoms with van der Waals surface area (Å²) >= 11 is 0. The molecule has 0 unspecified atom stereocenters. The first-order valence-electron chi connectivity index (χ1n) is 6.61. The number of rotatable bonds is 3. The summed E-state index contributed by atoms with van der Waals surface area (Å²) in [6, 6.07) is 7.56. The summed E-state index contributed by atoms with van der Waals surface area (Å²) in [5.74, 6) is -0.387. The van der Waals surface area contributed by atoms with Crippen LogP contribution in [0, 0.1) is 0 Å². The van der Waals surface area contributed by atoms with Crippen molar-refractivity contribution in [2.45, 2.75) is 19.9 Å². The summed E-state index contributed by atoms with van der Waals surface area (Å²) in [6.45, 7) is 3.04. The first-order valence-corrected chi connectivity index (χ1v) is 6.61. The lowest BCUT2D eigenvalue weighted by atomic mass is 10.1. The fraction of sp³-hybridized carbons (Fsp3) is 0.200. The highest BCUT2D eigenvalue weighted by Crippen LogP contribution is 2.24.